The number of amides is 1. The molecule has 1 amide bonds. The molecule has 7 heteroatoms. The molecule has 0 heterocycles. The van der Waals surface area contributed by atoms with Crippen molar-refractivity contribution in [3.8, 4) is 11.5 Å². The Morgan fingerprint density at radius 3 is 2.65 bits per heavy atom. The summed E-state index contributed by atoms with van der Waals surface area (Å²) in [7, 11) is 1.39. The molecule has 1 aromatic rings. The lowest BCUT2D eigenvalue weighted by Crippen LogP contribution is -2.30. The van der Waals surface area contributed by atoms with Gasteiger partial charge in [0.15, 0.2) is 11.9 Å². The van der Waals surface area contributed by atoms with E-state index in [0.717, 1.165) is 0 Å². The average Bonchev–Trinajstić information content (AvgIpc) is 2.29. The van der Waals surface area contributed by atoms with E-state index in [2.05, 4.69) is 0 Å². The SMILES string of the molecule is COc1ccc(O[C@H](C)C(N)=O)c([N+](=O)[O-])c1. The van der Waals surface area contributed by atoms with Gasteiger partial charge in [0.2, 0.25) is 0 Å². The molecule has 0 fully saturated rings. The van der Waals surface area contributed by atoms with Crippen LogP contribution in [0.25, 0.3) is 0 Å². The summed E-state index contributed by atoms with van der Waals surface area (Å²) < 4.78 is 9.96. The minimum Gasteiger partial charge on any atom is -0.496 e. The summed E-state index contributed by atoms with van der Waals surface area (Å²) in [5, 5.41) is 10.8. The Bertz CT molecular complexity index is 446. The molecule has 0 radical (unpaired) electrons. The van der Waals surface area contributed by atoms with Crippen molar-refractivity contribution in [2.45, 2.75) is 13.0 Å². The van der Waals surface area contributed by atoms with Crippen LogP contribution >= 0.6 is 0 Å². The van der Waals surface area contributed by atoms with E-state index in [1.165, 1.54) is 32.2 Å². The number of nitro benzene ring substituents is 1. The Balaban J connectivity index is 3.06. The lowest BCUT2D eigenvalue weighted by Gasteiger charge is -2.11. The van der Waals surface area contributed by atoms with Crippen LogP contribution in [0.3, 0.4) is 0 Å². The van der Waals surface area contributed by atoms with Gasteiger partial charge in [-0.25, -0.2) is 0 Å². The average molecular weight is 240 g/mol. The Morgan fingerprint density at radius 1 is 1.53 bits per heavy atom. The number of methoxy groups -OCH3 is 1. The predicted molar refractivity (Wildman–Crippen MR) is 58.9 cm³/mol. The van der Waals surface area contributed by atoms with Crippen LogP contribution in [0.2, 0.25) is 0 Å². The van der Waals surface area contributed by atoms with Gasteiger partial charge in [0.05, 0.1) is 18.1 Å². The first-order valence-electron chi connectivity index (χ1n) is 4.74. The van der Waals surface area contributed by atoms with Crippen molar-refractivity contribution in [2.75, 3.05) is 7.11 Å². The summed E-state index contributed by atoms with van der Waals surface area (Å²) in [5.41, 5.74) is 4.73. The first-order valence-corrected chi connectivity index (χ1v) is 4.74. The highest BCUT2D eigenvalue weighted by atomic mass is 16.6. The van der Waals surface area contributed by atoms with Gasteiger partial charge in [-0.05, 0) is 19.1 Å². The summed E-state index contributed by atoms with van der Waals surface area (Å²) in [6, 6.07) is 4.06. The molecule has 0 saturated carbocycles. The number of hydrogen-bond acceptors (Lipinski definition) is 5. The quantitative estimate of drug-likeness (QED) is 0.606. The molecule has 0 aliphatic heterocycles. The molecule has 2 N–H and O–H groups in total. The van der Waals surface area contributed by atoms with Crippen LogP contribution in [-0.2, 0) is 4.79 Å². The van der Waals surface area contributed by atoms with Crippen LogP contribution in [0.5, 0.6) is 11.5 Å². The minimum absolute atomic E-state index is 0.0258. The van der Waals surface area contributed by atoms with Gasteiger partial charge >= 0.3 is 5.69 Å². The molecule has 17 heavy (non-hydrogen) atoms. The van der Waals surface area contributed by atoms with Crippen LogP contribution in [0.15, 0.2) is 18.2 Å². The van der Waals surface area contributed by atoms with E-state index >= 15 is 0 Å². The van der Waals surface area contributed by atoms with E-state index < -0.39 is 16.9 Å². The number of nitrogens with zero attached hydrogens (tertiary/aromatic N) is 1. The second-order valence-corrected chi connectivity index (χ2v) is 3.25. The standard InChI is InChI=1S/C10H12N2O5/c1-6(10(11)13)17-9-4-3-7(16-2)5-8(9)12(14)15/h3-6H,1-2H3,(H2,11,13)/t6-/m1/s1. The largest absolute Gasteiger partial charge is 0.496 e. The number of carbonyl (C=O) groups excluding carboxylic acids is 1. The molecule has 0 aromatic heterocycles. The van der Waals surface area contributed by atoms with E-state index in [-0.39, 0.29) is 11.4 Å². The summed E-state index contributed by atoms with van der Waals surface area (Å²) in [4.78, 5) is 21.0. The number of nitrogens with two attached hydrogens (primary N) is 1. The van der Waals surface area contributed by atoms with Crippen LogP contribution in [0.1, 0.15) is 6.92 Å². The molecule has 1 rings (SSSR count). The third-order valence-corrected chi connectivity index (χ3v) is 2.07. The molecule has 0 unspecified atom stereocenters. The highest BCUT2D eigenvalue weighted by Gasteiger charge is 2.20. The Morgan fingerprint density at radius 2 is 2.18 bits per heavy atom. The highest BCUT2D eigenvalue weighted by molar-refractivity contribution is 5.78. The third-order valence-electron chi connectivity index (χ3n) is 2.07. The maximum Gasteiger partial charge on any atom is 0.314 e. The van der Waals surface area contributed by atoms with Gasteiger partial charge < -0.3 is 15.2 Å². The van der Waals surface area contributed by atoms with Gasteiger partial charge in [-0.3, -0.25) is 14.9 Å². The fraction of sp³-hybridized carbons (Fsp3) is 0.300. The molecule has 0 aliphatic rings. The summed E-state index contributed by atoms with van der Waals surface area (Å²) in [6.45, 7) is 1.41. The molecular formula is C10H12N2O5. The van der Waals surface area contributed by atoms with E-state index in [1.54, 1.807) is 0 Å². The Labute approximate surface area is 97.3 Å². The number of benzene rings is 1. The molecular weight excluding hydrogens is 228 g/mol. The molecule has 7 nitrogen and oxygen atoms in total. The minimum atomic E-state index is -0.943. The Hall–Kier alpha value is -2.31. The lowest BCUT2D eigenvalue weighted by atomic mass is 10.2. The maximum absolute atomic E-state index is 10.8. The monoisotopic (exact) mass is 240 g/mol. The van der Waals surface area contributed by atoms with E-state index in [0.29, 0.717) is 5.75 Å². The van der Waals surface area contributed by atoms with Crippen molar-refractivity contribution >= 4 is 11.6 Å². The van der Waals surface area contributed by atoms with Gasteiger partial charge in [0.25, 0.3) is 5.91 Å². The van der Waals surface area contributed by atoms with E-state index in [4.69, 9.17) is 15.2 Å². The number of nitro groups is 1. The topological polar surface area (TPSA) is 105 Å². The predicted octanol–water partition coefficient (Wildman–Crippen LogP) is 0.856. The van der Waals surface area contributed by atoms with Gasteiger partial charge in [0, 0.05) is 0 Å². The second kappa shape index (κ2) is 5.15. The highest BCUT2D eigenvalue weighted by Crippen LogP contribution is 2.31. The second-order valence-electron chi connectivity index (χ2n) is 3.25. The van der Waals surface area contributed by atoms with Crippen LogP contribution < -0.4 is 15.2 Å². The summed E-state index contributed by atoms with van der Waals surface area (Å²) in [6.07, 6.45) is -0.943. The molecule has 0 aliphatic carbocycles. The van der Waals surface area contributed by atoms with Crippen molar-refractivity contribution in [3.63, 3.8) is 0 Å². The number of hydrogen-bond donors (Lipinski definition) is 1. The van der Waals surface area contributed by atoms with Gasteiger partial charge in [-0.15, -0.1) is 0 Å². The molecule has 0 spiro atoms. The van der Waals surface area contributed by atoms with Crippen molar-refractivity contribution in [1.29, 1.82) is 0 Å². The van der Waals surface area contributed by atoms with Crippen molar-refractivity contribution in [2.24, 2.45) is 5.73 Å². The first-order chi connectivity index (χ1) is 7.95. The lowest BCUT2D eigenvalue weighted by molar-refractivity contribution is -0.386. The number of ether oxygens (including phenoxy) is 2. The van der Waals surface area contributed by atoms with E-state index in [1.807, 2.05) is 0 Å². The number of primary amides is 1. The summed E-state index contributed by atoms with van der Waals surface area (Å²) in [5.74, 6) is -0.395. The van der Waals surface area contributed by atoms with Gasteiger partial charge in [-0.2, -0.15) is 0 Å². The number of carbonyl (C=O) groups is 1. The fourth-order valence-electron chi connectivity index (χ4n) is 1.12. The smallest absolute Gasteiger partial charge is 0.314 e. The van der Waals surface area contributed by atoms with Crippen LogP contribution in [-0.4, -0.2) is 24.0 Å². The zero-order valence-corrected chi connectivity index (χ0v) is 9.38. The van der Waals surface area contributed by atoms with Crippen molar-refractivity contribution in [3.05, 3.63) is 28.3 Å². The fourth-order valence-corrected chi connectivity index (χ4v) is 1.12. The van der Waals surface area contributed by atoms with Crippen LogP contribution in [0.4, 0.5) is 5.69 Å². The van der Waals surface area contributed by atoms with Crippen molar-refractivity contribution < 1.29 is 19.2 Å². The maximum atomic E-state index is 10.8. The number of rotatable bonds is 5. The summed E-state index contributed by atoms with van der Waals surface area (Å²) >= 11 is 0. The zero-order chi connectivity index (χ0) is 13.0. The molecule has 1 aromatic carbocycles. The van der Waals surface area contributed by atoms with Crippen LogP contribution in [0, 0.1) is 10.1 Å². The van der Waals surface area contributed by atoms with Gasteiger partial charge in [-0.1, -0.05) is 0 Å². The zero-order valence-electron chi connectivity index (χ0n) is 9.38. The third kappa shape index (κ3) is 3.07. The molecule has 1 atom stereocenters. The Kier molecular flexibility index (Phi) is 3.86. The van der Waals surface area contributed by atoms with Crippen molar-refractivity contribution in [1.82, 2.24) is 0 Å². The first kappa shape index (κ1) is 12.8. The normalized spacial score (nSPS) is 11.6. The van der Waals surface area contributed by atoms with Gasteiger partial charge in [0.1, 0.15) is 5.75 Å². The molecule has 0 bridgehead atoms. The molecule has 0 saturated heterocycles. The molecule has 92 valence electrons. The van der Waals surface area contributed by atoms with E-state index in [9.17, 15) is 14.9 Å².